The standard InChI is InChI=1S/C9H20O2/c1-9(2,3)7-8(10)5-6-11-4/h8,10H,5-7H2,1-4H3. The molecule has 0 aromatic heterocycles. The Morgan fingerprint density at radius 2 is 1.91 bits per heavy atom. The summed E-state index contributed by atoms with van der Waals surface area (Å²) in [6.45, 7) is 7.03. The lowest BCUT2D eigenvalue weighted by molar-refractivity contribution is 0.0788. The van der Waals surface area contributed by atoms with Crippen LogP contribution in [0.3, 0.4) is 0 Å². The molecule has 0 bridgehead atoms. The van der Waals surface area contributed by atoms with Gasteiger partial charge in [0.25, 0.3) is 0 Å². The van der Waals surface area contributed by atoms with Gasteiger partial charge in [-0.25, -0.2) is 0 Å². The van der Waals surface area contributed by atoms with E-state index < -0.39 is 0 Å². The molecule has 0 aliphatic heterocycles. The van der Waals surface area contributed by atoms with Gasteiger partial charge < -0.3 is 9.84 Å². The molecule has 11 heavy (non-hydrogen) atoms. The number of rotatable bonds is 4. The summed E-state index contributed by atoms with van der Waals surface area (Å²) >= 11 is 0. The molecule has 0 radical (unpaired) electrons. The Labute approximate surface area is 69.6 Å². The predicted octanol–water partition coefficient (Wildman–Crippen LogP) is 1.82. The van der Waals surface area contributed by atoms with Crippen molar-refractivity contribution in [2.24, 2.45) is 5.41 Å². The lowest BCUT2D eigenvalue weighted by Crippen LogP contribution is -2.18. The van der Waals surface area contributed by atoms with E-state index in [1.165, 1.54) is 0 Å². The molecule has 1 atom stereocenters. The lowest BCUT2D eigenvalue weighted by atomic mass is 9.88. The predicted molar refractivity (Wildman–Crippen MR) is 46.6 cm³/mol. The minimum atomic E-state index is -0.213. The Morgan fingerprint density at radius 1 is 1.36 bits per heavy atom. The summed E-state index contributed by atoms with van der Waals surface area (Å²) in [6.07, 6.45) is 1.37. The van der Waals surface area contributed by atoms with Gasteiger partial charge in [-0.05, 0) is 18.3 Å². The van der Waals surface area contributed by atoms with Crippen molar-refractivity contribution in [3.05, 3.63) is 0 Å². The number of hydrogen-bond acceptors (Lipinski definition) is 2. The van der Waals surface area contributed by atoms with E-state index in [9.17, 15) is 5.11 Å². The van der Waals surface area contributed by atoms with Gasteiger partial charge in [-0.15, -0.1) is 0 Å². The summed E-state index contributed by atoms with van der Waals surface area (Å²) in [4.78, 5) is 0. The molecule has 0 saturated heterocycles. The Bertz CT molecular complexity index is 94.2. The molecule has 0 aliphatic rings. The molecule has 0 aromatic rings. The van der Waals surface area contributed by atoms with E-state index in [2.05, 4.69) is 20.8 Å². The molecule has 0 rings (SSSR count). The average molecular weight is 160 g/mol. The maximum absolute atomic E-state index is 9.44. The van der Waals surface area contributed by atoms with Gasteiger partial charge >= 0.3 is 0 Å². The van der Waals surface area contributed by atoms with Crippen molar-refractivity contribution in [2.45, 2.75) is 39.7 Å². The molecule has 2 heteroatoms. The van der Waals surface area contributed by atoms with Crippen molar-refractivity contribution in [3.63, 3.8) is 0 Å². The highest BCUT2D eigenvalue weighted by molar-refractivity contribution is 4.67. The van der Waals surface area contributed by atoms with Crippen molar-refractivity contribution >= 4 is 0 Å². The van der Waals surface area contributed by atoms with Gasteiger partial charge in [0.15, 0.2) is 0 Å². The summed E-state index contributed by atoms with van der Waals surface area (Å²) < 4.78 is 4.87. The Morgan fingerprint density at radius 3 is 2.27 bits per heavy atom. The first-order chi connectivity index (χ1) is 4.95. The second-order valence-corrected chi connectivity index (χ2v) is 4.20. The third-order valence-corrected chi connectivity index (χ3v) is 1.50. The van der Waals surface area contributed by atoms with E-state index in [1.54, 1.807) is 7.11 Å². The van der Waals surface area contributed by atoms with Gasteiger partial charge in [0.2, 0.25) is 0 Å². The van der Waals surface area contributed by atoms with Gasteiger partial charge in [-0.3, -0.25) is 0 Å². The summed E-state index contributed by atoms with van der Waals surface area (Å²) in [6, 6.07) is 0. The Balaban J connectivity index is 3.44. The van der Waals surface area contributed by atoms with Crippen LogP contribution in [0.4, 0.5) is 0 Å². The average Bonchev–Trinajstić information content (AvgIpc) is 1.79. The van der Waals surface area contributed by atoms with Crippen LogP contribution in [0.25, 0.3) is 0 Å². The van der Waals surface area contributed by atoms with E-state index in [4.69, 9.17) is 4.74 Å². The highest BCUT2D eigenvalue weighted by Gasteiger charge is 2.15. The number of ether oxygens (including phenoxy) is 1. The first-order valence-electron chi connectivity index (χ1n) is 4.13. The molecule has 0 fully saturated rings. The minimum Gasteiger partial charge on any atom is -0.393 e. The molecule has 0 spiro atoms. The zero-order chi connectivity index (χ0) is 8.91. The van der Waals surface area contributed by atoms with Gasteiger partial charge in [0.05, 0.1) is 6.10 Å². The van der Waals surface area contributed by atoms with Crippen molar-refractivity contribution in [2.75, 3.05) is 13.7 Å². The van der Waals surface area contributed by atoms with Crippen molar-refractivity contribution < 1.29 is 9.84 Å². The largest absolute Gasteiger partial charge is 0.393 e. The van der Waals surface area contributed by atoms with Gasteiger partial charge in [-0.2, -0.15) is 0 Å². The molecule has 68 valence electrons. The van der Waals surface area contributed by atoms with Crippen LogP contribution in [-0.4, -0.2) is 24.9 Å². The second kappa shape index (κ2) is 4.73. The first kappa shape index (κ1) is 10.9. The van der Waals surface area contributed by atoms with Crippen LogP contribution in [-0.2, 0) is 4.74 Å². The second-order valence-electron chi connectivity index (χ2n) is 4.20. The SMILES string of the molecule is COCCC(O)CC(C)(C)C. The van der Waals surface area contributed by atoms with Crippen LogP contribution in [0.2, 0.25) is 0 Å². The molecular weight excluding hydrogens is 140 g/mol. The fourth-order valence-electron chi connectivity index (χ4n) is 1.06. The lowest BCUT2D eigenvalue weighted by Gasteiger charge is -2.21. The minimum absolute atomic E-state index is 0.213. The van der Waals surface area contributed by atoms with Crippen molar-refractivity contribution in [3.8, 4) is 0 Å². The molecule has 0 heterocycles. The zero-order valence-electron chi connectivity index (χ0n) is 8.05. The van der Waals surface area contributed by atoms with Gasteiger partial charge in [0, 0.05) is 13.7 Å². The summed E-state index contributed by atoms with van der Waals surface area (Å²) in [5, 5.41) is 9.44. The maximum atomic E-state index is 9.44. The molecule has 0 aromatic carbocycles. The number of aliphatic hydroxyl groups is 1. The van der Waals surface area contributed by atoms with Crippen LogP contribution in [0, 0.1) is 5.41 Å². The maximum Gasteiger partial charge on any atom is 0.0567 e. The van der Waals surface area contributed by atoms with Crippen LogP contribution < -0.4 is 0 Å². The fraction of sp³-hybridized carbons (Fsp3) is 1.00. The third-order valence-electron chi connectivity index (χ3n) is 1.50. The molecule has 1 unspecified atom stereocenters. The molecule has 1 N–H and O–H groups in total. The topological polar surface area (TPSA) is 29.5 Å². The van der Waals surface area contributed by atoms with Crippen LogP contribution in [0.15, 0.2) is 0 Å². The van der Waals surface area contributed by atoms with E-state index in [-0.39, 0.29) is 11.5 Å². The van der Waals surface area contributed by atoms with E-state index >= 15 is 0 Å². The normalized spacial score (nSPS) is 15.0. The van der Waals surface area contributed by atoms with Crippen LogP contribution in [0.5, 0.6) is 0 Å². The van der Waals surface area contributed by atoms with Crippen molar-refractivity contribution in [1.29, 1.82) is 0 Å². The third kappa shape index (κ3) is 7.82. The molecule has 0 saturated carbocycles. The Hall–Kier alpha value is -0.0800. The zero-order valence-corrected chi connectivity index (χ0v) is 8.05. The summed E-state index contributed by atoms with van der Waals surface area (Å²) in [5.74, 6) is 0. The van der Waals surface area contributed by atoms with Gasteiger partial charge in [-0.1, -0.05) is 20.8 Å². The highest BCUT2D eigenvalue weighted by atomic mass is 16.5. The highest BCUT2D eigenvalue weighted by Crippen LogP contribution is 2.21. The van der Waals surface area contributed by atoms with Crippen LogP contribution >= 0.6 is 0 Å². The number of aliphatic hydroxyl groups excluding tert-OH is 1. The molecule has 2 nitrogen and oxygen atoms in total. The van der Waals surface area contributed by atoms with E-state index in [0.717, 1.165) is 12.8 Å². The summed E-state index contributed by atoms with van der Waals surface area (Å²) in [5.41, 5.74) is 0.215. The molecule has 0 amide bonds. The number of methoxy groups -OCH3 is 1. The summed E-state index contributed by atoms with van der Waals surface area (Å²) in [7, 11) is 1.66. The smallest absolute Gasteiger partial charge is 0.0567 e. The van der Waals surface area contributed by atoms with Crippen LogP contribution in [0.1, 0.15) is 33.6 Å². The molecule has 0 aliphatic carbocycles. The Kier molecular flexibility index (Phi) is 4.69. The first-order valence-corrected chi connectivity index (χ1v) is 4.13. The quantitative estimate of drug-likeness (QED) is 0.679. The van der Waals surface area contributed by atoms with E-state index in [0.29, 0.717) is 6.61 Å². The fourth-order valence-corrected chi connectivity index (χ4v) is 1.06. The molecular formula is C9H20O2. The monoisotopic (exact) mass is 160 g/mol. The van der Waals surface area contributed by atoms with Gasteiger partial charge in [0.1, 0.15) is 0 Å². The van der Waals surface area contributed by atoms with Crippen molar-refractivity contribution in [1.82, 2.24) is 0 Å². The number of hydrogen-bond donors (Lipinski definition) is 1. The van der Waals surface area contributed by atoms with E-state index in [1.807, 2.05) is 0 Å².